The lowest BCUT2D eigenvalue weighted by Crippen LogP contribution is -2.42. The second-order valence-electron chi connectivity index (χ2n) is 8.00. The van der Waals surface area contributed by atoms with Crippen molar-refractivity contribution in [1.82, 2.24) is 10.2 Å². The van der Waals surface area contributed by atoms with Crippen molar-refractivity contribution in [1.29, 1.82) is 0 Å². The van der Waals surface area contributed by atoms with Crippen LogP contribution in [0.15, 0.2) is 18.2 Å². The maximum absolute atomic E-state index is 13.5. The molecule has 0 bridgehead atoms. The molecule has 5 nitrogen and oxygen atoms in total. The van der Waals surface area contributed by atoms with E-state index in [1.165, 1.54) is 6.07 Å². The number of carbonyl (C=O) groups is 3. The van der Waals surface area contributed by atoms with Crippen LogP contribution in [0.5, 0.6) is 0 Å². The Bertz CT molecular complexity index is 782. The highest BCUT2D eigenvalue weighted by atomic mass is 19.2. The number of hydrogen-bond donors (Lipinski definition) is 1. The number of halogens is 2. The number of rotatable bonds is 4. The van der Waals surface area contributed by atoms with Gasteiger partial charge in [-0.05, 0) is 42.4 Å². The van der Waals surface area contributed by atoms with Crippen LogP contribution >= 0.6 is 0 Å². The lowest BCUT2D eigenvalue weighted by atomic mass is 9.81. The maximum atomic E-state index is 13.5. The number of hydrogen-bond acceptors (Lipinski definition) is 3. The molecule has 2 aliphatic rings. The van der Waals surface area contributed by atoms with Crippen LogP contribution in [0, 0.1) is 23.0 Å². The van der Waals surface area contributed by atoms with E-state index in [-0.39, 0.29) is 42.4 Å². The number of nitrogens with zero attached hydrogens (tertiary/aromatic N) is 1. The Morgan fingerprint density at radius 2 is 2.04 bits per heavy atom. The summed E-state index contributed by atoms with van der Waals surface area (Å²) in [5.74, 6) is -2.18. The minimum absolute atomic E-state index is 0.0426. The summed E-state index contributed by atoms with van der Waals surface area (Å²) in [5.41, 5.74) is -0.0652. The van der Waals surface area contributed by atoms with E-state index in [0.717, 1.165) is 11.6 Å². The van der Waals surface area contributed by atoms with Crippen molar-refractivity contribution >= 4 is 17.7 Å². The van der Waals surface area contributed by atoms with Crippen LogP contribution in [0.2, 0.25) is 0 Å². The Morgan fingerprint density at radius 1 is 1.30 bits per heavy atom. The van der Waals surface area contributed by atoms with E-state index in [0.29, 0.717) is 25.9 Å². The normalized spacial score (nSPS) is 28.4. The predicted octanol–water partition coefficient (Wildman–Crippen LogP) is 2.75. The largest absolute Gasteiger partial charge is 0.342 e. The SMILES string of the molecule is C[C@H]1CN(C(=O)CC[C@@]2(C)CC(=O)NC2=O)CC[C@H]1c1ccc(F)c(F)c1. The summed E-state index contributed by atoms with van der Waals surface area (Å²) in [6.07, 6.45) is 1.34. The topological polar surface area (TPSA) is 66.5 Å². The van der Waals surface area contributed by atoms with Gasteiger partial charge in [0.2, 0.25) is 17.7 Å². The van der Waals surface area contributed by atoms with E-state index >= 15 is 0 Å². The summed E-state index contributed by atoms with van der Waals surface area (Å²) >= 11 is 0. The Kier molecular flexibility index (Phi) is 5.31. The summed E-state index contributed by atoms with van der Waals surface area (Å²) in [7, 11) is 0. The summed E-state index contributed by atoms with van der Waals surface area (Å²) in [6, 6.07) is 3.99. The predicted molar refractivity (Wildman–Crippen MR) is 94.6 cm³/mol. The van der Waals surface area contributed by atoms with Gasteiger partial charge < -0.3 is 4.90 Å². The molecular formula is C20H24F2N2O3. The van der Waals surface area contributed by atoms with Crippen molar-refractivity contribution in [2.45, 2.75) is 45.4 Å². The van der Waals surface area contributed by atoms with Crippen LogP contribution in [0.25, 0.3) is 0 Å². The number of carbonyl (C=O) groups excluding carboxylic acids is 3. The van der Waals surface area contributed by atoms with E-state index in [1.54, 1.807) is 17.9 Å². The van der Waals surface area contributed by atoms with Crippen LogP contribution in [0.4, 0.5) is 8.78 Å². The van der Waals surface area contributed by atoms with Gasteiger partial charge in [0, 0.05) is 25.9 Å². The summed E-state index contributed by atoms with van der Waals surface area (Å²) < 4.78 is 26.7. The van der Waals surface area contributed by atoms with E-state index in [9.17, 15) is 23.2 Å². The van der Waals surface area contributed by atoms with Gasteiger partial charge in [0.05, 0.1) is 5.41 Å². The Labute approximate surface area is 157 Å². The molecule has 1 aromatic rings. The second-order valence-corrected chi connectivity index (χ2v) is 8.00. The second kappa shape index (κ2) is 7.37. The smallest absolute Gasteiger partial charge is 0.233 e. The molecular weight excluding hydrogens is 354 g/mol. The molecule has 2 fully saturated rings. The summed E-state index contributed by atoms with van der Waals surface area (Å²) in [5, 5.41) is 2.29. The first-order chi connectivity index (χ1) is 12.7. The zero-order valence-corrected chi connectivity index (χ0v) is 15.6. The Hall–Kier alpha value is -2.31. The third-order valence-corrected chi connectivity index (χ3v) is 5.87. The van der Waals surface area contributed by atoms with Gasteiger partial charge in [-0.2, -0.15) is 0 Å². The first-order valence-electron chi connectivity index (χ1n) is 9.26. The van der Waals surface area contributed by atoms with E-state index in [1.807, 2.05) is 6.92 Å². The fourth-order valence-electron chi connectivity index (χ4n) is 4.11. The Morgan fingerprint density at radius 3 is 2.63 bits per heavy atom. The highest BCUT2D eigenvalue weighted by Crippen LogP contribution is 2.35. The van der Waals surface area contributed by atoms with Gasteiger partial charge in [0.25, 0.3) is 0 Å². The molecule has 146 valence electrons. The molecule has 0 spiro atoms. The molecule has 1 aromatic carbocycles. The molecule has 1 N–H and O–H groups in total. The minimum Gasteiger partial charge on any atom is -0.342 e. The van der Waals surface area contributed by atoms with Gasteiger partial charge in [0.1, 0.15) is 0 Å². The number of benzene rings is 1. The first kappa shape index (κ1) is 19.5. The monoisotopic (exact) mass is 378 g/mol. The summed E-state index contributed by atoms with van der Waals surface area (Å²) in [6.45, 7) is 4.77. The molecule has 0 unspecified atom stereocenters. The molecule has 0 aromatic heterocycles. The minimum atomic E-state index is -0.859. The van der Waals surface area contributed by atoms with Crippen LogP contribution in [0.3, 0.4) is 0 Å². The first-order valence-corrected chi connectivity index (χ1v) is 9.26. The number of imide groups is 1. The molecule has 2 aliphatic heterocycles. The van der Waals surface area contributed by atoms with Crippen molar-refractivity contribution in [3.8, 4) is 0 Å². The van der Waals surface area contributed by atoms with Crippen LogP contribution in [0.1, 0.15) is 51.0 Å². The van der Waals surface area contributed by atoms with Gasteiger partial charge in [-0.3, -0.25) is 19.7 Å². The average molecular weight is 378 g/mol. The molecule has 27 heavy (non-hydrogen) atoms. The molecule has 0 radical (unpaired) electrons. The molecule has 3 atom stereocenters. The third-order valence-electron chi connectivity index (χ3n) is 5.87. The summed E-state index contributed by atoms with van der Waals surface area (Å²) in [4.78, 5) is 37.6. The van der Waals surface area contributed by atoms with Crippen LogP contribution in [-0.4, -0.2) is 35.7 Å². The molecule has 2 heterocycles. The zero-order chi connectivity index (χ0) is 19.8. The van der Waals surface area contributed by atoms with Gasteiger partial charge in [0.15, 0.2) is 11.6 Å². The fourth-order valence-corrected chi connectivity index (χ4v) is 4.11. The van der Waals surface area contributed by atoms with Gasteiger partial charge in [-0.15, -0.1) is 0 Å². The van der Waals surface area contributed by atoms with Gasteiger partial charge >= 0.3 is 0 Å². The number of amides is 3. The van der Waals surface area contributed by atoms with Crippen molar-refractivity contribution in [2.24, 2.45) is 11.3 Å². The van der Waals surface area contributed by atoms with Crippen LogP contribution in [-0.2, 0) is 14.4 Å². The molecule has 7 heteroatoms. The third kappa shape index (κ3) is 4.01. The molecule has 0 aliphatic carbocycles. The highest BCUT2D eigenvalue weighted by molar-refractivity contribution is 6.05. The van der Waals surface area contributed by atoms with Gasteiger partial charge in [-0.25, -0.2) is 8.78 Å². The van der Waals surface area contributed by atoms with Crippen molar-refractivity contribution < 1.29 is 23.2 Å². The lowest BCUT2D eigenvalue weighted by Gasteiger charge is -2.37. The lowest BCUT2D eigenvalue weighted by molar-refractivity contribution is -0.134. The van der Waals surface area contributed by atoms with Crippen LogP contribution < -0.4 is 5.32 Å². The average Bonchev–Trinajstić information content (AvgIpc) is 2.87. The van der Waals surface area contributed by atoms with E-state index < -0.39 is 17.0 Å². The standard InChI is InChI=1S/C20H24F2N2O3/c1-12-11-24(8-6-14(12)13-3-4-15(21)16(22)9-13)18(26)5-7-20(2)10-17(25)23-19(20)27/h3-4,9,12,14H,5-8,10-11H2,1-2H3,(H,23,25,27)/t12-,14+,20-/m0/s1. The molecule has 0 saturated carbocycles. The van der Waals surface area contributed by atoms with Crippen molar-refractivity contribution in [3.63, 3.8) is 0 Å². The molecule has 2 saturated heterocycles. The van der Waals surface area contributed by atoms with Gasteiger partial charge in [-0.1, -0.05) is 19.9 Å². The molecule has 3 rings (SSSR count). The highest BCUT2D eigenvalue weighted by Gasteiger charge is 2.42. The Balaban J connectivity index is 1.57. The maximum Gasteiger partial charge on any atom is 0.233 e. The molecule has 3 amide bonds. The number of piperidine rings is 1. The van der Waals surface area contributed by atoms with Crippen molar-refractivity contribution in [3.05, 3.63) is 35.4 Å². The van der Waals surface area contributed by atoms with Crippen molar-refractivity contribution in [2.75, 3.05) is 13.1 Å². The quantitative estimate of drug-likeness (QED) is 0.820. The van der Waals surface area contributed by atoms with E-state index in [2.05, 4.69) is 5.32 Å². The fraction of sp³-hybridized carbons (Fsp3) is 0.550. The number of nitrogens with one attached hydrogen (secondary N) is 1. The van der Waals surface area contributed by atoms with E-state index in [4.69, 9.17) is 0 Å². The number of likely N-dealkylation sites (tertiary alicyclic amines) is 1. The zero-order valence-electron chi connectivity index (χ0n) is 15.6.